The summed E-state index contributed by atoms with van der Waals surface area (Å²) in [6.07, 6.45) is 0. The van der Waals surface area contributed by atoms with Gasteiger partial charge in [-0.15, -0.1) is 0 Å². The van der Waals surface area contributed by atoms with E-state index >= 15 is 0 Å². The fourth-order valence-electron chi connectivity index (χ4n) is 2.36. The number of H-pyrrole nitrogens is 2. The molecule has 0 bridgehead atoms. The van der Waals surface area contributed by atoms with Crippen molar-refractivity contribution in [1.29, 1.82) is 0 Å². The van der Waals surface area contributed by atoms with E-state index in [0.29, 0.717) is 22.2 Å². The second-order valence-electron chi connectivity index (χ2n) is 5.19. The lowest BCUT2D eigenvalue weighted by Gasteiger charge is -2.09. The van der Waals surface area contributed by atoms with E-state index in [2.05, 4.69) is 14.7 Å². The molecule has 2 aromatic carbocycles. The van der Waals surface area contributed by atoms with Crippen molar-refractivity contribution < 1.29 is 12.8 Å². The third-order valence-electron chi connectivity index (χ3n) is 3.47. The quantitative estimate of drug-likeness (QED) is 0.678. The van der Waals surface area contributed by atoms with Gasteiger partial charge in [-0.2, -0.15) is 0 Å². The number of benzene rings is 2. The molecule has 23 heavy (non-hydrogen) atoms. The van der Waals surface area contributed by atoms with Gasteiger partial charge in [-0.05, 0) is 48.4 Å². The van der Waals surface area contributed by atoms with Crippen LogP contribution in [0.25, 0.3) is 11.0 Å². The SMILES string of the molecule is Cc1cc(F)ccc1S(=O)(=O)NCc1ccc2[nH]c(=O)[nH]c2c1. The summed E-state index contributed by atoms with van der Waals surface area (Å²) in [5.74, 6) is -0.483. The minimum atomic E-state index is -3.75. The molecule has 3 aromatic rings. The molecule has 6 nitrogen and oxygen atoms in total. The van der Waals surface area contributed by atoms with Gasteiger partial charge in [0.2, 0.25) is 10.0 Å². The third kappa shape index (κ3) is 3.17. The molecular formula is C15H14FN3O3S. The first-order valence-electron chi connectivity index (χ1n) is 6.82. The molecule has 0 atom stereocenters. The van der Waals surface area contributed by atoms with Gasteiger partial charge in [0, 0.05) is 6.54 Å². The summed E-state index contributed by atoms with van der Waals surface area (Å²) in [5.41, 5.74) is 1.96. The number of sulfonamides is 1. The number of aryl methyl sites for hydroxylation is 1. The zero-order valence-corrected chi connectivity index (χ0v) is 13.0. The van der Waals surface area contributed by atoms with E-state index < -0.39 is 15.8 Å². The molecule has 0 aliphatic rings. The highest BCUT2D eigenvalue weighted by molar-refractivity contribution is 7.89. The standard InChI is InChI=1S/C15H14FN3O3S/c1-9-6-11(16)3-5-14(9)23(21,22)17-8-10-2-4-12-13(7-10)19-15(20)18-12/h2-7,17H,8H2,1H3,(H2,18,19,20). The number of rotatable bonds is 4. The Morgan fingerprint density at radius 1 is 1.09 bits per heavy atom. The largest absolute Gasteiger partial charge is 0.323 e. The van der Waals surface area contributed by atoms with Crippen LogP contribution in [-0.2, 0) is 16.6 Å². The molecule has 1 aromatic heterocycles. The first-order valence-corrected chi connectivity index (χ1v) is 8.30. The van der Waals surface area contributed by atoms with E-state index in [1.165, 1.54) is 19.1 Å². The summed E-state index contributed by atoms with van der Waals surface area (Å²) in [6, 6.07) is 8.61. The summed E-state index contributed by atoms with van der Waals surface area (Å²) in [7, 11) is -3.75. The van der Waals surface area contributed by atoms with E-state index in [9.17, 15) is 17.6 Å². The van der Waals surface area contributed by atoms with Gasteiger partial charge in [0.05, 0.1) is 15.9 Å². The lowest BCUT2D eigenvalue weighted by Crippen LogP contribution is -2.24. The number of hydrogen-bond donors (Lipinski definition) is 3. The molecule has 0 fully saturated rings. The number of halogens is 1. The molecule has 0 saturated carbocycles. The van der Waals surface area contributed by atoms with Crippen molar-refractivity contribution in [2.24, 2.45) is 0 Å². The van der Waals surface area contributed by atoms with Gasteiger partial charge in [-0.3, -0.25) is 0 Å². The first kappa shape index (κ1) is 15.4. The summed E-state index contributed by atoms with van der Waals surface area (Å²) in [5, 5.41) is 0. The normalized spacial score (nSPS) is 11.9. The fraction of sp³-hybridized carbons (Fsp3) is 0.133. The smallest absolute Gasteiger partial charge is 0.306 e. The number of aromatic amines is 2. The highest BCUT2D eigenvalue weighted by atomic mass is 32.2. The highest BCUT2D eigenvalue weighted by Crippen LogP contribution is 2.17. The Labute approximate surface area is 131 Å². The predicted octanol–water partition coefficient (Wildman–Crippen LogP) is 1.78. The maximum Gasteiger partial charge on any atom is 0.323 e. The van der Waals surface area contributed by atoms with Crippen LogP contribution >= 0.6 is 0 Å². The summed E-state index contributed by atoms with van der Waals surface area (Å²) < 4.78 is 40.2. The topological polar surface area (TPSA) is 94.8 Å². The van der Waals surface area contributed by atoms with Crippen LogP contribution in [0.3, 0.4) is 0 Å². The van der Waals surface area contributed by atoms with Gasteiger partial charge in [0.1, 0.15) is 5.82 Å². The molecule has 0 unspecified atom stereocenters. The minimum Gasteiger partial charge on any atom is -0.306 e. The Morgan fingerprint density at radius 2 is 1.83 bits per heavy atom. The van der Waals surface area contributed by atoms with Crippen LogP contribution in [0, 0.1) is 12.7 Å². The molecule has 3 N–H and O–H groups in total. The van der Waals surface area contributed by atoms with Crippen LogP contribution in [0.4, 0.5) is 4.39 Å². The molecule has 0 aliphatic heterocycles. The predicted molar refractivity (Wildman–Crippen MR) is 84.1 cm³/mol. The number of nitrogens with one attached hydrogen (secondary N) is 3. The molecule has 0 radical (unpaired) electrons. The van der Waals surface area contributed by atoms with E-state index in [4.69, 9.17) is 0 Å². The van der Waals surface area contributed by atoms with Crippen molar-refractivity contribution in [2.75, 3.05) is 0 Å². The Kier molecular flexibility index (Phi) is 3.78. The molecule has 120 valence electrons. The Balaban J connectivity index is 1.83. The van der Waals surface area contributed by atoms with Crippen LogP contribution < -0.4 is 10.4 Å². The zero-order valence-electron chi connectivity index (χ0n) is 12.2. The van der Waals surface area contributed by atoms with E-state index in [-0.39, 0.29) is 17.1 Å². The summed E-state index contributed by atoms with van der Waals surface area (Å²) in [6.45, 7) is 1.59. The number of aromatic nitrogens is 2. The molecular weight excluding hydrogens is 321 g/mol. The molecule has 0 spiro atoms. The van der Waals surface area contributed by atoms with Crippen molar-refractivity contribution in [3.05, 3.63) is 63.8 Å². The number of fused-ring (bicyclic) bond motifs is 1. The molecule has 0 saturated heterocycles. The number of imidazole rings is 1. The van der Waals surface area contributed by atoms with Gasteiger partial charge in [0.25, 0.3) is 0 Å². The molecule has 8 heteroatoms. The Morgan fingerprint density at radius 3 is 2.57 bits per heavy atom. The zero-order chi connectivity index (χ0) is 16.6. The van der Waals surface area contributed by atoms with Crippen molar-refractivity contribution in [3.8, 4) is 0 Å². The van der Waals surface area contributed by atoms with Crippen molar-refractivity contribution in [1.82, 2.24) is 14.7 Å². The number of hydrogen-bond acceptors (Lipinski definition) is 3. The maximum atomic E-state index is 13.1. The van der Waals surface area contributed by atoms with Crippen LogP contribution in [0.15, 0.2) is 46.1 Å². The van der Waals surface area contributed by atoms with Crippen LogP contribution in [0.1, 0.15) is 11.1 Å². The average Bonchev–Trinajstić information content (AvgIpc) is 2.84. The lowest BCUT2D eigenvalue weighted by atomic mass is 10.2. The summed E-state index contributed by atoms with van der Waals surface area (Å²) >= 11 is 0. The maximum absolute atomic E-state index is 13.1. The Bertz CT molecular complexity index is 1040. The average molecular weight is 335 g/mol. The van der Waals surface area contributed by atoms with E-state index in [1.54, 1.807) is 18.2 Å². The van der Waals surface area contributed by atoms with Gasteiger partial charge in [0.15, 0.2) is 0 Å². The fourth-order valence-corrected chi connectivity index (χ4v) is 3.60. The van der Waals surface area contributed by atoms with Crippen LogP contribution in [0.5, 0.6) is 0 Å². The molecule has 1 heterocycles. The van der Waals surface area contributed by atoms with Crippen molar-refractivity contribution >= 4 is 21.1 Å². The summed E-state index contributed by atoms with van der Waals surface area (Å²) in [4.78, 5) is 16.5. The van der Waals surface area contributed by atoms with Gasteiger partial charge in [-0.25, -0.2) is 22.3 Å². The molecule has 3 rings (SSSR count). The van der Waals surface area contributed by atoms with E-state index in [0.717, 1.165) is 6.07 Å². The van der Waals surface area contributed by atoms with Crippen LogP contribution in [0.2, 0.25) is 0 Å². The van der Waals surface area contributed by atoms with Gasteiger partial charge < -0.3 is 9.97 Å². The lowest BCUT2D eigenvalue weighted by molar-refractivity contribution is 0.579. The highest BCUT2D eigenvalue weighted by Gasteiger charge is 2.17. The van der Waals surface area contributed by atoms with Crippen LogP contribution in [-0.4, -0.2) is 18.4 Å². The first-order chi connectivity index (χ1) is 10.8. The van der Waals surface area contributed by atoms with Gasteiger partial charge in [-0.1, -0.05) is 6.07 Å². The third-order valence-corrected chi connectivity index (χ3v) is 5.03. The van der Waals surface area contributed by atoms with Crippen molar-refractivity contribution in [2.45, 2.75) is 18.4 Å². The monoisotopic (exact) mass is 335 g/mol. The second-order valence-corrected chi connectivity index (χ2v) is 6.93. The minimum absolute atomic E-state index is 0.0371. The Hall–Kier alpha value is -2.45. The second kappa shape index (κ2) is 5.64. The molecule has 0 aliphatic carbocycles. The van der Waals surface area contributed by atoms with E-state index in [1.807, 2.05) is 0 Å². The van der Waals surface area contributed by atoms with Gasteiger partial charge >= 0.3 is 5.69 Å². The van der Waals surface area contributed by atoms with Crippen molar-refractivity contribution in [3.63, 3.8) is 0 Å². The molecule has 0 amide bonds.